The van der Waals surface area contributed by atoms with Crippen molar-refractivity contribution in [2.75, 3.05) is 17.2 Å². The number of fused-ring (bicyclic) bond motifs is 1. The average molecular weight is 285 g/mol. The quantitative estimate of drug-likeness (QED) is 0.869. The molecule has 0 spiro atoms. The van der Waals surface area contributed by atoms with Crippen LogP contribution < -0.4 is 20.9 Å². The van der Waals surface area contributed by atoms with Crippen molar-refractivity contribution in [2.45, 2.75) is 6.10 Å². The number of benzene rings is 1. The van der Waals surface area contributed by atoms with E-state index in [-0.39, 0.29) is 11.5 Å². The fraction of sp³-hybridized carbons (Fsp3) is 0.200. The number of carbonyl (C=O) groups excluding carboxylic acids is 1. The normalized spacial score (nSPS) is 16.3. The maximum atomic E-state index is 12.2. The number of hydrogen-bond acceptors (Lipinski definition) is 4. The first-order valence-electron chi connectivity index (χ1n) is 6.60. The summed E-state index contributed by atoms with van der Waals surface area (Å²) in [7, 11) is 1.63. The molecule has 0 aliphatic carbocycles. The highest BCUT2D eigenvalue weighted by atomic mass is 16.5. The van der Waals surface area contributed by atoms with Crippen molar-refractivity contribution in [1.82, 2.24) is 4.57 Å². The third-order valence-electron chi connectivity index (χ3n) is 3.28. The van der Waals surface area contributed by atoms with Gasteiger partial charge in [0.2, 0.25) is 5.56 Å². The molecule has 3 rings (SSSR count). The van der Waals surface area contributed by atoms with E-state index in [1.54, 1.807) is 19.3 Å². The summed E-state index contributed by atoms with van der Waals surface area (Å²) in [6.07, 6.45) is 0.960. The number of aryl methyl sites for hydroxylation is 1. The molecule has 6 heteroatoms. The molecule has 108 valence electrons. The highest BCUT2D eigenvalue weighted by Gasteiger charge is 2.25. The number of carbonyl (C=O) groups is 1. The summed E-state index contributed by atoms with van der Waals surface area (Å²) in [6.45, 7) is 0.397. The minimum absolute atomic E-state index is 0.127. The standard InChI is InChI=1S/C15H15N3O3/c1-18-9-10(6-7-14(18)19)17-15(20)13-8-16-11-4-2-3-5-12(11)21-13/h2-7,9,13,16H,8H2,1H3,(H,17,20). The minimum atomic E-state index is -0.614. The van der Waals surface area contributed by atoms with Crippen molar-refractivity contribution in [3.63, 3.8) is 0 Å². The van der Waals surface area contributed by atoms with Crippen LogP contribution in [0.1, 0.15) is 0 Å². The summed E-state index contributed by atoms with van der Waals surface area (Å²) in [4.78, 5) is 23.5. The van der Waals surface area contributed by atoms with E-state index in [0.29, 0.717) is 18.0 Å². The first-order valence-corrected chi connectivity index (χ1v) is 6.60. The van der Waals surface area contributed by atoms with Gasteiger partial charge >= 0.3 is 0 Å². The second-order valence-corrected chi connectivity index (χ2v) is 4.84. The molecule has 21 heavy (non-hydrogen) atoms. The van der Waals surface area contributed by atoms with E-state index < -0.39 is 6.10 Å². The zero-order chi connectivity index (χ0) is 14.8. The molecule has 0 bridgehead atoms. The molecule has 2 aromatic rings. The summed E-state index contributed by atoms with van der Waals surface area (Å²) < 4.78 is 7.08. The summed E-state index contributed by atoms with van der Waals surface area (Å²) >= 11 is 0. The number of nitrogens with zero attached hydrogens (tertiary/aromatic N) is 1. The molecule has 0 fully saturated rings. The maximum absolute atomic E-state index is 12.2. The number of ether oxygens (including phenoxy) is 1. The van der Waals surface area contributed by atoms with Crippen molar-refractivity contribution in [2.24, 2.45) is 7.05 Å². The van der Waals surface area contributed by atoms with Gasteiger partial charge in [0.25, 0.3) is 5.91 Å². The molecule has 1 aromatic carbocycles. The van der Waals surface area contributed by atoms with Gasteiger partial charge in [0.15, 0.2) is 6.10 Å². The van der Waals surface area contributed by atoms with Crippen LogP contribution in [-0.2, 0) is 11.8 Å². The van der Waals surface area contributed by atoms with Crippen LogP contribution >= 0.6 is 0 Å². The Morgan fingerprint density at radius 3 is 2.95 bits per heavy atom. The van der Waals surface area contributed by atoms with Crippen LogP contribution in [-0.4, -0.2) is 23.1 Å². The number of hydrogen-bond donors (Lipinski definition) is 2. The van der Waals surface area contributed by atoms with Crippen LogP contribution in [0.2, 0.25) is 0 Å². The van der Waals surface area contributed by atoms with Crippen molar-refractivity contribution in [3.05, 3.63) is 52.9 Å². The molecule has 0 saturated heterocycles. The van der Waals surface area contributed by atoms with Crippen LogP contribution in [0.5, 0.6) is 5.75 Å². The average Bonchev–Trinajstić information content (AvgIpc) is 2.50. The molecular formula is C15H15N3O3. The Labute approximate surface area is 121 Å². The number of nitrogens with one attached hydrogen (secondary N) is 2. The minimum Gasteiger partial charge on any atom is -0.477 e. The van der Waals surface area contributed by atoms with Gasteiger partial charge in [-0.25, -0.2) is 0 Å². The van der Waals surface area contributed by atoms with E-state index in [0.717, 1.165) is 5.69 Å². The van der Waals surface area contributed by atoms with E-state index in [4.69, 9.17) is 4.74 Å². The van der Waals surface area contributed by atoms with E-state index in [1.807, 2.05) is 24.3 Å². The summed E-state index contributed by atoms with van der Waals surface area (Å²) in [5, 5.41) is 5.91. The van der Waals surface area contributed by atoms with Crippen LogP contribution in [0.3, 0.4) is 0 Å². The molecule has 1 atom stereocenters. The Morgan fingerprint density at radius 1 is 1.33 bits per heavy atom. The molecule has 1 amide bonds. The Bertz CT molecular complexity index is 739. The van der Waals surface area contributed by atoms with Gasteiger partial charge < -0.3 is 19.9 Å². The van der Waals surface area contributed by atoms with Crippen molar-refractivity contribution in [1.29, 1.82) is 0 Å². The smallest absolute Gasteiger partial charge is 0.267 e. The van der Waals surface area contributed by atoms with Gasteiger partial charge in [-0.2, -0.15) is 0 Å². The first kappa shape index (κ1) is 13.2. The Kier molecular flexibility index (Phi) is 3.35. The largest absolute Gasteiger partial charge is 0.477 e. The summed E-state index contributed by atoms with van der Waals surface area (Å²) in [5.41, 5.74) is 1.31. The van der Waals surface area contributed by atoms with Gasteiger partial charge in [-0.05, 0) is 18.2 Å². The second-order valence-electron chi connectivity index (χ2n) is 4.84. The zero-order valence-corrected chi connectivity index (χ0v) is 11.5. The molecule has 1 unspecified atom stereocenters. The molecule has 0 saturated carbocycles. The monoisotopic (exact) mass is 285 g/mol. The third kappa shape index (κ3) is 2.74. The molecule has 1 aliphatic rings. The molecule has 6 nitrogen and oxygen atoms in total. The van der Waals surface area contributed by atoms with Crippen LogP contribution in [0.4, 0.5) is 11.4 Å². The second kappa shape index (κ2) is 5.32. The molecule has 2 N–H and O–H groups in total. The van der Waals surface area contributed by atoms with E-state index in [2.05, 4.69) is 10.6 Å². The van der Waals surface area contributed by atoms with E-state index in [9.17, 15) is 9.59 Å². The van der Waals surface area contributed by atoms with Gasteiger partial charge in [0, 0.05) is 19.3 Å². The Hall–Kier alpha value is -2.76. The predicted molar refractivity (Wildman–Crippen MR) is 79.7 cm³/mol. The SMILES string of the molecule is Cn1cc(NC(=O)C2CNc3ccccc3O2)ccc1=O. The van der Waals surface area contributed by atoms with Crippen molar-refractivity contribution < 1.29 is 9.53 Å². The highest BCUT2D eigenvalue weighted by molar-refractivity contribution is 5.95. The highest BCUT2D eigenvalue weighted by Crippen LogP contribution is 2.28. The van der Waals surface area contributed by atoms with E-state index in [1.165, 1.54) is 10.6 Å². The Morgan fingerprint density at radius 2 is 2.14 bits per heavy atom. The number of para-hydroxylation sites is 2. The fourth-order valence-electron chi connectivity index (χ4n) is 2.15. The number of aromatic nitrogens is 1. The van der Waals surface area contributed by atoms with Gasteiger partial charge in [-0.1, -0.05) is 12.1 Å². The lowest BCUT2D eigenvalue weighted by atomic mass is 10.2. The van der Waals surface area contributed by atoms with Gasteiger partial charge in [0.1, 0.15) is 5.75 Å². The van der Waals surface area contributed by atoms with Crippen molar-refractivity contribution in [3.8, 4) is 5.75 Å². The molecule has 2 heterocycles. The number of rotatable bonds is 2. The number of anilines is 2. The fourth-order valence-corrected chi connectivity index (χ4v) is 2.15. The summed E-state index contributed by atoms with van der Waals surface area (Å²) in [5.74, 6) is 0.403. The lowest BCUT2D eigenvalue weighted by Crippen LogP contribution is -2.41. The molecule has 1 aromatic heterocycles. The van der Waals surface area contributed by atoms with Crippen molar-refractivity contribution >= 4 is 17.3 Å². The third-order valence-corrected chi connectivity index (χ3v) is 3.28. The van der Waals surface area contributed by atoms with E-state index >= 15 is 0 Å². The zero-order valence-electron chi connectivity index (χ0n) is 11.5. The lowest BCUT2D eigenvalue weighted by molar-refractivity contribution is -0.122. The van der Waals surface area contributed by atoms with Gasteiger partial charge in [-0.3, -0.25) is 9.59 Å². The number of amides is 1. The molecular weight excluding hydrogens is 270 g/mol. The number of pyridine rings is 1. The maximum Gasteiger partial charge on any atom is 0.267 e. The van der Waals surface area contributed by atoms with Gasteiger partial charge in [0.05, 0.1) is 17.9 Å². The lowest BCUT2D eigenvalue weighted by Gasteiger charge is -2.26. The molecule has 1 aliphatic heterocycles. The molecule has 0 radical (unpaired) electrons. The Balaban J connectivity index is 1.72. The first-order chi connectivity index (χ1) is 10.1. The summed E-state index contributed by atoms with van der Waals surface area (Å²) in [6, 6.07) is 10.5. The van der Waals surface area contributed by atoms with Gasteiger partial charge in [-0.15, -0.1) is 0 Å². The van der Waals surface area contributed by atoms with Crippen LogP contribution in [0.25, 0.3) is 0 Å². The topological polar surface area (TPSA) is 72.4 Å². The van der Waals surface area contributed by atoms with Crippen LogP contribution in [0, 0.1) is 0 Å². The predicted octanol–water partition coefficient (Wildman–Crippen LogP) is 1.20. The van der Waals surface area contributed by atoms with Crippen LogP contribution in [0.15, 0.2) is 47.4 Å².